The molecular weight excluding hydrogens is 432 g/mol. The van der Waals surface area contributed by atoms with Crippen LogP contribution in [0.3, 0.4) is 0 Å². The van der Waals surface area contributed by atoms with Crippen LogP contribution in [-0.4, -0.2) is 28.1 Å². The third-order valence-corrected chi connectivity index (χ3v) is 7.08. The molecule has 0 spiro atoms. The molecule has 0 bridgehead atoms. The highest BCUT2D eigenvalue weighted by molar-refractivity contribution is 6.04. The third-order valence-electron chi connectivity index (χ3n) is 7.08. The average Bonchev–Trinajstić information content (AvgIpc) is 2.93. The first-order valence-corrected chi connectivity index (χ1v) is 11.3. The first-order chi connectivity index (χ1) is 16.2. The number of amides is 1. The first kappa shape index (κ1) is 20.7. The molecule has 34 heavy (non-hydrogen) atoms. The predicted octanol–water partition coefficient (Wildman–Crippen LogP) is 3.80. The van der Waals surface area contributed by atoms with Crippen LogP contribution in [0.4, 0.5) is 0 Å². The third kappa shape index (κ3) is 2.79. The minimum Gasteiger partial charge on any atom is -0.483 e. The van der Waals surface area contributed by atoms with Crippen molar-refractivity contribution >= 4 is 44.5 Å². The summed E-state index contributed by atoms with van der Waals surface area (Å²) in [4.78, 5) is 38.7. The van der Waals surface area contributed by atoms with Crippen molar-refractivity contribution in [1.29, 1.82) is 0 Å². The van der Waals surface area contributed by atoms with E-state index in [0.717, 1.165) is 21.9 Å². The van der Waals surface area contributed by atoms with Gasteiger partial charge in [-0.25, -0.2) is 0 Å². The fraction of sp³-hybridized carbons (Fsp3) is 0.296. The summed E-state index contributed by atoms with van der Waals surface area (Å²) in [6.45, 7) is 5.57. The summed E-state index contributed by atoms with van der Waals surface area (Å²) in [7, 11) is 1.91. The zero-order valence-electron chi connectivity index (χ0n) is 19.4. The number of fused-ring (bicyclic) bond motifs is 7. The van der Waals surface area contributed by atoms with E-state index < -0.39 is 29.6 Å². The van der Waals surface area contributed by atoms with E-state index in [4.69, 9.17) is 9.47 Å². The molecule has 2 atom stereocenters. The molecule has 2 aliphatic heterocycles. The normalized spacial score (nSPS) is 21.4. The molecule has 7 heteroatoms. The number of benzene rings is 3. The summed E-state index contributed by atoms with van der Waals surface area (Å²) >= 11 is 0. The number of ether oxygens (including phenoxy) is 2. The highest BCUT2D eigenvalue weighted by Crippen LogP contribution is 2.46. The molecule has 0 aliphatic carbocycles. The van der Waals surface area contributed by atoms with Gasteiger partial charge in [0.05, 0.1) is 11.0 Å². The molecule has 3 aromatic carbocycles. The van der Waals surface area contributed by atoms with E-state index in [0.29, 0.717) is 27.6 Å². The lowest BCUT2D eigenvalue weighted by molar-refractivity contribution is -0.162. The van der Waals surface area contributed by atoms with E-state index in [-0.39, 0.29) is 11.8 Å². The standard InChI is InChI=1S/C27H24N2O5/c1-13-9-18-22(23-26(27(2,3)34-18)33-20(31)12-19(30)28-23)24-21(13)25(32)16-10-14-7-5-6-8-15(14)11-17(16)29(24)4/h5-11,23,26H,12H2,1-4H3,(H,28,30). The van der Waals surface area contributed by atoms with Gasteiger partial charge in [-0.05, 0) is 55.3 Å². The van der Waals surface area contributed by atoms with Crippen LogP contribution in [0.1, 0.15) is 37.4 Å². The molecule has 0 radical (unpaired) electrons. The maximum atomic E-state index is 13.8. The Bertz CT molecular complexity index is 1630. The quantitative estimate of drug-likeness (QED) is 0.247. The fourth-order valence-electron chi connectivity index (χ4n) is 5.54. The van der Waals surface area contributed by atoms with Gasteiger partial charge in [-0.2, -0.15) is 0 Å². The Balaban J connectivity index is 1.77. The number of carbonyl (C=O) groups excluding carboxylic acids is 2. The van der Waals surface area contributed by atoms with Crippen LogP contribution in [-0.2, 0) is 21.4 Å². The number of nitrogens with zero attached hydrogens (tertiary/aromatic N) is 1. The van der Waals surface area contributed by atoms with Gasteiger partial charge in [0.1, 0.15) is 23.8 Å². The number of pyridine rings is 1. The summed E-state index contributed by atoms with van der Waals surface area (Å²) in [5, 5.41) is 6.19. The molecule has 4 aromatic rings. The Labute approximate surface area is 195 Å². The Hall–Kier alpha value is -3.87. The average molecular weight is 456 g/mol. The Morgan fingerprint density at radius 1 is 1.06 bits per heavy atom. The number of aryl methyl sites for hydroxylation is 2. The lowest BCUT2D eigenvalue weighted by Crippen LogP contribution is -2.54. The number of carbonyl (C=O) groups is 2. The van der Waals surface area contributed by atoms with Crippen LogP contribution in [0.5, 0.6) is 5.75 Å². The Morgan fingerprint density at radius 2 is 1.76 bits per heavy atom. The van der Waals surface area contributed by atoms with Gasteiger partial charge in [0.2, 0.25) is 5.91 Å². The van der Waals surface area contributed by atoms with Gasteiger partial charge in [-0.15, -0.1) is 0 Å². The van der Waals surface area contributed by atoms with E-state index >= 15 is 0 Å². The van der Waals surface area contributed by atoms with Gasteiger partial charge in [0, 0.05) is 23.4 Å². The van der Waals surface area contributed by atoms with E-state index in [1.54, 1.807) is 0 Å². The van der Waals surface area contributed by atoms with Crippen molar-refractivity contribution in [3.05, 3.63) is 63.8 Å². The van der Waals surface area contributed by atoms with E-state index in [9.17, 15) is 14.4 Å². The fourth-order valence-corrected chi connectivity index (χ4v) is 5.54. The monoisotopic (exact) mass is 456 g/mol. The molecule has 1 amide bonds. The zero-order valence-corrected chi connectivity index (χ0v) is 19.4. The molecule has 1 N–H and O–H groups in total. The van der Waals surface area contributed by atoms with E-state index in [1.807, 2.05) is 74.9 Å². The van der Waals surface area contributed by atoms with Crippen molar-refractivity contribution in [2.45, 2.75) is 44.9 Å². The summed E-state index contributed by atoms with van der Waals surface area (Å²) in [6, 6.07) is 13.1. The minimum absolute atomic E-state index is 0.0764. The maximum absolute atomic E-state index is 13.8. The first-order valence-electron chi connectivity index (χ1n) is 11.3. The molecule has 2 unspecified atom stereocenters. The summed E-state index contributed by atoms with van der Waals surface area (Å²) in [6.07, 6.45) is -1.09. The van der Waals surface area contributed by atoms with Crippen LogP contribution in [0, 0.1) is 6.92 Å². The summed E-state index contributed by atoms with van der Waals surface area (Å²) in [5.41, 5.74) is 1.94. The number of aromatic nitrogens is 1. The van der Waals surface area contributed by atoms with Crippen LogP contribution < -0.4 is 15.5 Å². The van der Waals surface area contributed by atoms with Crippen molar-refractivity contribution in [3.63, 3.8) is 0 Å². The Morgan fingerprint density at radius 3 is 2.50 bits per heavy atom. The molecule has 172 valence electrons. The van der Waals surface area contributed by atoms with Crippen LogP contribution in [0.2, 0.25) is 0 Å². The van der Waals surface area contributed by atoms with Crippen molar-refractivity contribution < 1.29 is 19.1 Å². The van der Waals surface area contributed by atoms with E-state index in [1.165, 1.54) is 0 Å². The van der Waals surface area contributed by atoms with Crippen LogP contribution in [0.15, 0.2) is 47.3 Å². The van der Waals surface area contributed by atoms with Crippen LogP contribution in [0.25, 0.3) is 32.6 Å². The van der Waals surface area contributed by atoms with E-state index in [2.05, 4.69) is 5.32 Å². The number of hydrogen-bond acceptors (Lipinski definition) is 5. The molecular formula is C27H24N2O5. The molecule has 1 saturated heterocycles. The molecule has 1 fully saturated rings. The smallest absolute Gasteiger partial charge is 0.315 e. The minimum atomic E-state index is -0.878. The second-order valence-corrected chi connectivity index (χ2v) is 9.77. The molecule has 1 aromatic heterocycles. The van der Waals surface area contributed by atoms with Crippen LogP contribution >= 0.6 is 0 Å². The second-order valence-electron chi connectivity index (χ2n) is 9.77. The largest absolute Gasteiger partial charge is 0.483 e. The Kier molecular flexibility index (Phi) is 4.16. The highest BCUT2D eigenvalue weighted by atomic mass is 16.6. The highest BCUT2D eigenvalue weighted by Gasteiger charge is 2.50. The van der Waals surface area contributed by atoms with Gasteiger partial charge < -0.3 is 19.4 Å². The molecule has 2 aliphatic rings. The van der Waals surface area contributed by atoms with Gasteiger partial charge in [-0.3, -0.25) is 14.4 Å². The molecule has 0 saturated carbocycles. The molecule has 3 heterocycles. The van der Waals surface area contributed by atoms with Crippen molar-refractivity contribution in [2.75, 3.05) is 0 Å². The van der Waals surface area contributed by atoms with Gasteiger partial charge in [0.25, 0.3) is 0 Å². The number of esters is 1. The lowest BCUT2D eigenvalue weighted by atomic mass is 9.84. The number of nitrogens with one attached hydrogen (secondary N) is 1. The summed E-state index contributed by atoms with van der Waals surface area (Å²) < 4.78 is 14.1. The summed E-state index contributed by atoms with van der Waals surface area (Å²) in [5.74, 6) is -0.427. The topological polar surface area (TPSA) is 86.6 Å². The zero-order chi connectivity index (χ0) is 23.9. The lowest BCUT2D eigenvalue weighted by Gasteiger charge is -2.43. The van der Waals surface area contributed by atoms with Crippen molar-refractivity contribution in [3.8, 4) is 5.75 Å². The predicted molar refractivity (Wildman–Crippen MR) is 129 cm³/mol. The van der Waals surface area contributed by atoms with Crippen molar-refractivity contribution in [1.82, 2.24) is 9.88 Å². The van der Waals surface area contributed by atoms with Gasteiger partial charge in [-0.1, -0.05) is 24.3 Å². The number of hydrogen-bond donors (Lipinski definition) is 1. The van der Waals surface area contributed by atoms with Gasteiger partial charge >= 0.3 is 5.97 Å². The maximum Gasteiger partial charge on any atom is 0.315 e. The number of rotatable bonds is 0. The van der Waals surface area contributed by atoms with Crippen molar-refractivity contribution in [2.24, 2.45) is 7.05 Å². The SMILES string of the molecule is Cc1cc2c(c3c1c(=O)c1cc4ccccc4cc1n3C)C1NC(=O)CC(=O)OC1C(C)(C)O2. The molecule has 7 nitrogen and oxygen atoms in total. The molecule has 6 rings (SSSR count). The van der Waals surface area contributed by atoms with Gasteiger partial charge in [0.15, 0.2) is 11.5 Å². The second kappa shape index (κ2) is 6.82.